The molecule has 0 heterocycles. The second-order valence-corrected chi connectivity index (χ2v) is 5.19. The molecule has 0 spiro atoms. The minimum atomic E-state index is -0.924. The van der Waals surface area contributed by atoms with Crippen LogP contribution in [0.3, 0.4) is 0 Å². The summed E-state index contributed by atoms with van der Waals surface area (Å²) in [6.45, 7) is 0. The molecule has 124 valence electrons. The van der Waals surface area contributed by atoms with Crippen LogP contribution in [-0.4, -0.2) is 16.8 Å². The van der Waals surface area contributed by atoms with Crippen molar-refractivity contribution in [3.63, 3.8) is 0 Å². The predicted octanol–water partition coefficient (Wildman–Crippen LogP) is 1.44. The first kappa shape index (κ1) is 17.0. The Labute approximate surface area is 139 Å². The summed E-state index contributed by atoms with van der Waals surface area (Å²) < 4.78 is 0. The highest BCUT2D eigenvalue weighted by Crippen LogP contribution is 2.17. The van der Waals surface area contributed by atoms with Crippen LogP contribution >= 0.6 is 0 Å². The minimum absolute atomic E-state index is 0.0604. The molecule has 0 unspecified atom stereocenters. The van der Waals surface area contributed by atoms with Gasteiger partial charge in [-0.3, -0.25) is 15.2 Å². The van der Waals surface area contributed by atoms with E-state index in [1.54, 1.807) is 48.5 Å². The summed E-state index contributed by atoms with van der Waals surface area (Å²) in [6.07, 6.45) is 1.30. The highest BCUT2D eigenvalue weighted by Gasteiger charge is 2.10. The number of carboxylic acid groups (broad SMARTS) is 1. The van der Waals surface area contributed by atoms with E-state index in [0.29, 0.717) is 22.5 Å². The smallest absolute Gasteiger partial charge is 0.307 e. The number of nitrogen functional groups attached to an aromatic ring is 1. The van der Waals surface area contributed by atoms with Crippen molar-refractivity contribution in [3.05, 3.63) is 71.6 Å². The van der Waals surface area contributed by atoms with Crippen molar-refractivity contribution in [1.82, 2.24) is 0 Å². The van der Waals surface area contributed by atoms with E-state index < -0.39 is 5.97 Å². The Bertz CT molecular complexity index is 801. The molecule has 24 heavy (non-hydrogen) atoms. The highest BCUT2D eigenvalue weighted by atomic mass is 16.4. The van der Waals surface area contributed by atoms with Crippen LogP contribution in [0.2, 0.25) is 0 Å². The molecule has 0 saturated heterocycles. The lowest BCUT2D eigenvalue weighted by atomic mass is 10.1. The molecule has 0 aliphatic carbocycles. The molecular formula is C17H19N5O2. The standard InChI is InChI=1S/C17H19N5O2/c18-14-7-2-1-6-13(14)17(20)15(19)10-22(21)12-5-3-4-11(8-12)9-16(23)24/h1-8,10,20H,9,18-19,21H2,(H,23,24)/b15-10-,20-17?. The van der Waals surface area contributed by atoms with Gasteiger partial charge in [0.25, 0.3) is 0 Å². The van der Waals surface area contributed by atoms with Crippen LogP contribution in [0.15, 0.2) is 60.4 Å². The number of nitrogens with two attached hydrogens (primary N) is 3. The summed E-state index contributed by atoms with van der Waals surface area (Å²) in [4.78, 5) is 10.8. The molecular weight excluding hydrogens is 306 g/mol. The number of nitrogens with zero attached hydrogens (tertiary/aromatic N) is 1. The van der Waals surface area contributed by atoms with E-state index in [1.807, 2.05) is 0 Å². The number of rotatable bonds is 6. The molecule has 2 rings (SSSR count). The topological polar surface area (TPSA) is 142 Å². The Kier molecular flexibility index (Phi) is 5.18. The zero-order chi connectivity index (χ0) is 17.7. The molecule has 7 nitrogen and oxygen atoms in total. The summed E-state index contributed by atoms with van der Waals surface area (Å²) in [5, 5.41) is 18.2. The van der Waals surface area contributed by atoms with Gasteiger partial charge in [-0.05, 0) is 23.8 Å². The molecule has 8 N–H and O–H groups in total. The first-order valence-corrected chi connectivity index (χ1v) is 7.14. The van der Waals surface area contributed by atoms with Crippen molar-refractivity contribution in [3.8, 4) is 0 Å². The molecule has 0 aliphatic rings. The molecule has 2 aromatic rings. The van der Waals surface area contributed by atoms with Crippen LogP contribution in [-0.2, 0) is 11.2 Å². The van der Waals surface area contributed by atoms with Crippen LogP contribution in [0.4, 0.5) is 11.4 Å². The fourth-order valence-corrected chi connectivity index (χ4v) is 2.17. The van der Waals surface area contributed by atoms with Crippen LogP contribution in [0, 0.1) is 5.41 Å². The van der Waals surface area contributed by atoms with Crippen molar-refractivity contribution in [1.29, 1.82) is 5.41 Å². The van der Waals surface area contributed by atoms with E-state index in [0.717, 1.165) is 0 Å². The van der Waals surface area contributed by atoms with Gasteiger partial charge in [0.05, 0.1) is 23.5 Å². The Hall–Kier alpha value is -3.32. The second kappa shape index (κ2) is 7.30. The average Bonchev–Trinajstić information content (AvgIpc) is 2.54. The second-order valence-electron chi connectivity index (χ2n) is 5.19. The third-order valence-corrected chi connectivity index (χ3v) is 3.36. The summed E-state index contributed by atoms with van der Waals surface area (Å²) >= 11 is 0. The van der Waals surface area contributed by atoms with E-state index in [1.165, 1.54) is 11.2 Å². The minimum Gasteiger partial charge on any atom is -0.481 e. The maximum atomic E-state index is 10.8. The van der Waals surface area contributed by atoms with Gasteiger partial charge in [-0.2, -0.15) is 0 Å². The Morgan fingerprint density at radius 2 is 1.92 bits per heavy atom. The van der Waals surface area contributed by atoms with Gasteiger partial charge in [0, 0.05) is 17.5 Å². The fraction of sp³-hybridized carbons (Fsp3) is 0.0588. The van der Waals surface area contributed by atoms with Crippen molar-refractivity contribution < 1.29 is 9.90 Å². The first-order valence-electron chi connectivity index (χ1n) is 7.14. The van der Waals surface area contributed by atoms with Crippen LogP contribution in [0.1, 0.15) is 11.1 Å². The summed E-state index contributed by atoms with van der Waals surface area (Å²) in [6, 6.07) is 13.7. The number of carbonyl (C=O) groups is 1. The van der Waals surface area contributed by atoms with Crippen LogP contribution < -0.4 is 22.3 Å². The van der Waals surface area contributed by atoms with Gasteiger partial charge in [0.2, 0.25) is 0 Å². The number of hydrazine groups is 1. The van der Waals surface area contributed by atoms with Gasteiger partial charge in [-0.1, -0.05) is 30.3 Å². The lowest BCUT2D eigenvalue weighted by Gasteiger charge is -2.16. The van der Waals surface area contributed by atoms with Crippen molar-refractivity contribution in [2.24, 2.45) is 11.6 Å². The Morgan fingerprint density at radius 1 is 1.21 bits per heavy atom. The van der Waals surface area contributed by atoms with Gasteiger partial charge >= 0.3 is 5.97 Å². The Morgan fingerprint density at radius 3 is 2.58 bits per heavy atom. The van der Waals surface area contributed by atoms with Gasteiger partial charge in [-0.15, -0.1) is 0 Å². The number of para-hydroxylation sites is 1. The number of anilines is 2. The lowest BCUT2D eigenvalue weighted by Crippen LogP contribution is -2.28. The number of benzene rings is 2. The molecule has 0 aliphatic heterocycles. The van der Waals surface area contributed by atoms with E-state index >= 15 is 0 Å². The van der Waals surface area contributed by atoms with Crippen LogP contribution in [0.5, 0.6) is 0 Å². The lowest BCUT2D eigenvalue weighted by molar-refractivity contribution is -0.136. The molecule has 0 radical (unpaired) electrons. The van der Waals surface area contributed by atoms with Gasteiger partial charge < -0.3 is 16.6 Å². The molecule has 0 aromatic heterocycles. The largest absolute Gasteiger partial charge is 0.481 e. The molecule has 0 amide bonds. The SMILES string of the molecule is N=C(/C(N)=C/N(N)c1cccc(CC(=O)O)c1)c1ccccc1N. The van der Waals surface area contributed by atoms with E-state index in [4.69, 9.17) is 27.8 Å². The number of hydrogen-bond acceptors (Lipinski definition) is 6. The van der Waals surface area contributed by atoms with E-state index in [9.17, 15) is 4.79 Å². The number of nitrogens with one attached hydrogen (secondary N) is 1. The zero-order valence-corrected chi connectivity index (χ0v) is 12.9. The third-order valence-electron chi connectivity index (χ3n) is 3.36. The molecule has 0 saturated carbocycles. The zero-order valence-electron chi connectivity index (χ0n) is 12.9. The first-order chi connectivity index (χ1) is 11.4. The number of carboxylic acids is 1. The van der Waals surface area contributed by atoms with Crippen LogP contribution in [0.25, 0.3) is 0 Å². The average molecular weight is 325 g/mol. The number of aliphatic carboxylic acids is 1. The van der Waals surface area contributed by atoms with Crippen molar-refractivity contribution in [2.75, 3.05) is 10.7 Å². The fourth-order valence-electron chi connectivity index (χ4n) is 2.17. The van der Waals surface area contributed by atoms with Crippen molar-refractivity contribution >= 4 is 23.1 Å². The Balaban J connectivity index is 2.22. The molecule has 0 bridgehead atoms. The van der Waals surface area contributed by atoms with Gasteiger partial charge in [0.1, 0.15) is 0 Å². The number of allylic oxidation sites excluding steroid dienone is 1. The predicted molar refractivity (Wildman–Crippen MR) is 94.4 cm³/mol. The highest BCUT2D eigenvalue weighted by molar-refractivity contribution is 6.13. The third kappa shape index (κ3) is 4.11. The van der Waals surface area contributed by atoms with Crippen molar-refractivity contribution in [2.45, 2.75) is 6.42 Å². The molecule has 7 heteroatoms. The summed E-state index contributed by atoms with van der Waals surface area (Å²) in [5.74, 6) is 5.03. The monoisotopic (exact) mass is 325 g/mol. The summed E-state index contributed by atoms with van der Waals surface area (Å²) in [7, 11) is 0. The van der Waals surface area contributed by atoms with Gasteiger partial charge in [0.15, 0.2) is 0 Å². The molecule has 0 atom stereocenters. The number of hydrogen-bond donors (Lipinski definition) is 5. The maximum absolute atomic E-state index is 10.8. The summed E-state index contributed by atoms with van der Waals surface area (Å²) in [5.41, 5.74) is 14.1. The van der Waals surface area contributed by atoms with E-state index in [2.05, 4.69) is 0 Å². The maximum Gasteiger partial charge on any atom is 0.307 e. The quantitative estimate of drug-likeness (QED) is 0.235. The van der Waals surface area contributed by atoms with E-state index in [-0.39, 0.29) is 17.8 Å². The molecule has 2 aromatic carbocycles. The normalized spacial score (nSPS) is 11.1. The van der Waals surface area contributed by atoms with Gasteiger partial charge in [-0.25, -0.2) is 5.84 Å². The molecule has 0 fully saturated rings.